The Morgan fingerprint density at radius 3 is 2.60 bits per heavy atom. The van der Waals surface area contributed by atoms with E-state index in [-0.39, 0.29) is 30.3 Å². The van der Waals surface area contributed by atoms with Gasteiger partial charge in [0.05, 0.1) is 12.3 Å². The first-order valence-corrected chi connectivity index (χ1v) is 11.8. The lowest BCUT2D eigenvalue weighted by Gasteiger charge is -2.29. The second kappa shape index (κ2) is 10.2. The lowest BCUT2D eigenvalue weighted by Crippen LogP contribution is -2.18. The van der Waals surface area contributed by atoms with E-state index < -0.39 is 17.8 Å². The van der Waals surface area contributed by atoms with Crippen LogP contribution in [0.3, 0.4) is 0 Å². The van der Waals surface area contributed by atoms with E-state index in [0.717, 1.165) is 49.4 Å². The van der Waals surface area contributed by atoms with Gasteiger partial charge in [0.15, 0.2) is 0 Å². The molecule has 1 amide bonds. The zero-order valence-electron chi connectivity index (χ0n) is 19.7. The Morgan fingerprint density at radius 1 is 1.20 bits per heavy atom. The zero-order valence-corrected chi connectivity index (χ0v) is 19.7. The third-order valence-electron chi connectivity index (χ3n) is 6.58. The Kier molecular flexibility index (Phi) is 7.30. The van der Waals surface area contributed by atoms with Crippen molar-refractivity contribution in [3.63, 3.8) is 0 Å². The predicted octanol–water partition coefficient (Wildman–Crippen LogP) is 5.30. The number of pyridine rings is 2. The Balaban J connectivity index is 1.60. The predicted molar refractivity (Wildman–Crippen MR) is 125 cm³/mol. The number of fused-ring (bicyclic) bond motifs is 1. The van der Waals surface area contributed by atoms with Gasteiger partial charge in [0, 0.05) is 24.4 Å². The first-order valence-electron chi connectivity index (χ1n) is 11.8. The number of alkyl halides is 3. The smallest absolute Gasteiger partial charge is 0.433 e. The molecule has 0 radical (unpaired) electrons. The largest absolute Gasteiger partial charge is 0.489 e. The number of anilines is 1. The van der Waals surface area contributed by atoms with Crippen LogP contribution in [0.2, 0.25) is 0 Å². The summed E-state index contributed by atoms with van der Waals surface area (Å²) in [6.45, 7) is 4.25. The Morgan fingerprint density at radius 2 is 1.94 bits per heavy atom. The van der Waals surface area contributed by atoms with Crippen molar-refractivity contribution >= 4 is 17.2 Å². The van der Waals surface area contributed by atoms with Crippen molar-refractivity contribution in [2.24, 2.45) is 11.8 Å². The van der Waals surface area contributed by atoms with E-state index >= 15 is 0 Å². The molecule has 4 rings (SSSR count). The van der Waals surface area contributed by atoms with Crippen molar-refractivity contribution in [3.05, 3.63) is 53.7 Å². The van der Waals surface area contributed by atoms with Crippen LogP contribution >= 0.6 is 0 Å². The molecule has 3 aromatic rings. The number of ether oxygens (including phenoxy) is 1. The molecule has 0 aromatic carbocycles. The number of aromatic nitrogens is 3. The highest BCUT2D eigenvalue weighted by Crippen LogP contribution is 2.39. The Labute approximate surface area is 201 Å². The second-order valence-corrected chi connectivity index (χ2v) is 9.27. The maximum Gasteiger partial charge on any atom is 0.433 e. The van der Waals surface area contributed by atoms with E-state index in [4.69, 9.17) is 9.72 Å². The van der Waals surface area contributed by atoms with Crippen LogP contribution in [0.25, 0.3) is 5.65 Å². The number of halogens is 3. The van der Waals surface area contributed by atoms with Crippen LogP contribution in [0.5, 0.6) is 5.75 Å². The van der Waals surface area contributed by atoms with Crippen LogP contribution in [0.15, 0.2) is 36.7 Å². The van der Waals surface area contributed by atoms with Crippen molar-refractivity contribution in [1.82, 2.24) is 14.4 Å². The standard InChI is InChI=1S/C25H29F3N4O3/c1-15(2)16-6-8-17(9-7-16)19-13-32-14-20(21(35-11-10-33)12-23(32)30-19)31-24(34)18-4-3-5-22(29-18)25(26,27)28/h3-5,12-17,33H,6-11H2,1-2H3,(H,31,34). The van der Waals surface area contributed by atoms with E-state index in [0.29, 0.717) is 17.5 Å². The molecular formula is C25H29F3N4O3. The minimum Gasteiger partial charge on any atom is -0.489 e. The highest BCUT2D eigenvalue weighted by Gasteiger charge is 2.33. The van der Waals surface area contributed by atoms with Gasteiger partial charge in [0.2, 0.25) is 0 Å². The average molecular weight is 491 g/mol. The lowest BCUT2D eigenvalue weighted by atomic mass is 9.76. The van der Waals surface area contributed by atoms with Crippen LogP contribution in [0.1, 0.15) is 67.3 Å². The summed E-state index contributed by atoms with van der Waals surface area (Å²) in [7, 11) is 0. The van der Waals surface area contributed by atoms with E-state index in [9.17, 15) is 23.1 Å². The summed E-state index contributed by atoms with van der Waals surface area (Å²) < 4.78 is 46.4. The number of imidazole rings is 1. The minimum absolute atomic E-state index is 0.0202. The topological polar surface area (TPSA) is 88.8 Å². The van der Waals surface area contributed by atoms with Gasteiger partial charge in [-0.2, -0.15) is 13.2 Å². The van der Waals surface area contributed by atoms with E-state index in [1.807, 2.05) is 6.20 Å². The molecule has 1 aliphatic rings. The minimum atomic E-state index is -4.66. The summed E-state index contributed by atoms with van der Waals surface area (Å²) in [6, 6.07) is 4.79. The fourth-order valence-electron chi connectivity index (χ4n) is 4.59. The number of carbonyl (C=O) groups excluding carboxylic acids is 1. The van der Waals surface area contributed by atoms with E-state index in [1.165, 1.54) is 6.07 Å². The number of amides is 1. The molecule has 1 saturated carbocycles. The number of aliphatic hydroxyl groups is 1. The average Bonchev–Trinajstić information content (AvgIpc) is 3.25. The first-order chi connectivity index (χ1) is 16.7. The molecule has 2 N–H and O–H groups in total. The van der Waals surface area contributed by atoms with Crippen LogP contribution in [-0.4, -0.2) is 38.6 Å². The maximum absolute atomic E-state index is 13.0. The molecule has 35 heavy (non-hydrogen) atoms. The third-order valence-corrected chi connectivity index (χ3v) is 6.58. The molecule has 0 spiro atoms. The molecule has 0 aliphatic heterocycles. The highest BCUT2D eigenvalue weighted by molar-refractivity contribution is 6.03. The van der Waals surface area contributed by atoms with Crippen molar-refractivity contribution in [2.75, 3.05) is 18.5 Å². The summed E-state index contributed by atoms with van der Waals surface area (Å²) >= 11 is 0. The first kappa shape index (κ1) is 25.0. The number of carbonyl (C=O) groups is 1. The fourth-order valence-corrected chi connectivity index (χ4v) is 4.59. The number of nitrogens with one attached hydrogen (secondary N) is 1. The molecule has 3 aromatic heterocycles. The molecule has 0 saturated heterocycles. The highest BCUT2D eigenvalue weighted by atomic mass is 19.4. The number of hydrogen-bond donors (Lipinski definition) is 2. The van der Waals surface area contributed by atoms with Crippen molar-refractivity contribution in [2.45, 2.75) is 51.6 Å². The molecule has 1 fully saturated rings. The van der Waals surface area contributed by atoms with E-state index in [1.54, 1.807) is 16.7 Å². The van der Waals surface area contributed by atoms with Crippen LogP contribution < -0.4 is 10.1 Å². The SMILES string of the molecule is CC(C)C1CCC(c2cn3cc(NC(=O)c4cccc(C(F)(F)F)n4)c(OCCO)cc3n2)CC1. The van der Waals surface area contributed by atoms with Gasteiger partial charge in [0.1, 0.15) is 35.1 Å². The number of nitrogens with zero attached hydrogens (tertiary/aromatic N) is 3. The van der Waals surface area contributed by atoms with Gasteiger partial charge in [-0.25, -0.2) is 9.97 Å². The monoisotopic (exact) mass is 490 g/mol. The van der Waals surface area contributed by atoms with Gasteiger partial charge in [-0.1, -0.05) is 19.9 Å². The summed E-state index contributed by atoms with van der Waals surface area (Å²) in [6.07, 6.45) is 3.31. The molecule has 188 valence electrons. The Bertz CT molecular complexity index is 1180. The number of hydrogen-bond acceptors (Lipinski definition) is 5. The molecule has 3 heterocycles. The van der Waals surface area contributed by atoms with Gasteiger partial charge < -0.3 is 19.6 Å². The quantitative estimate of drug-likeness (QED) is 0.469. The van der Waals surface area contributed by atoms with Crippen molar-refractivity contribution in [1.29, 1.82) is 0 Å². The van der Waals surface area contributed by atoms with Crippen LogP contribution in [0, 0.1) is 11.8 Å². The molecule has 1 aliphatic carbocycles. The van der Waals surface area contributed by atoms with Crippen molar-refractivity contribution in [3.8, 4) is 5.75 Å². The lowest BCUT2D eigenvalue weighted by molar-refractivity contribution is -0.141. The van der Waals surface area contributed by atoms with Crippen molar-refractivity contribution < 1.29 is 27.8 Å². The summed E-state index contributed by atoms with van der Waals surface area (Å²) in [5.41, 5.74) is 0.296. The van der Waals surface area contributed by atoms with Crippen LogP contribution in [-0.2, 0) is 6.18 Å². The second-order valence-electron chi connectivity index (χ2n) is 9.27. The summed E-state index contributed by atoms with van der Waals surface area (Å²) in [5, 5.41) is 11.8. The summed E-state index contributed by atoms with van der Waals surface area (Å²) in [4.78, 5) is 20.9. The Hall–Kier alpha value is -3.14. The fraction of sp³-hybridized carbons (Fsp3) is 0.480. The molecule has 10 heteroatoms. The van der Waals surface area contributed by atoms with E-state index in [2.05, 4.69) is 24.1 Å². The third kappa shape index (κ3) is 5.75. The molecule has 0 atom stereocenters. The summed E-state index contributed by atoms with van der Waals surface area (Å²) in [5.74, 6) is 1.19. The van der Waals surface area contributed by atoms with Gasteiger partial charge >= 0.3 is 6.18 Å². The zero-order chi connectivity index (χ0) is 25.2. The normalized spacial score (nSPS) is 18.7. The van der Waals surface area contributed by atoms with Gasteiger partial charge in [0.25, 0.3) is 5.91 Å². The van der Waals surface area contributed by atoms with Gasteiger partial charge in [-0.05, 0) is 49.7 Å². The van der Waals surface area contributed by atoms with Gasteiger partial charge in [-0.3, -0.25) is 4.79 Å². The van der Waals surface area contributed by atoms with Crippen LogP contribution in [0.4, 0.5) is 18.9 Å². The molecule has 0 unspecified atom stereocenters. The van der Waals surface area contributed by atoms with Gasteiger partial charge in [-0.15, -0.1) is 0 Å². The molecular weight excluding hydrogens is 461 g/mol. The maximum atomic E-state index is 13.0. The number of rotatable bonds is 7. The number of aliphatic hydroxyl groups excluding tert-OH is 1. The molecule has 7 nitrogen and oxygen atoms in total. The molecule has 0 bridgehead atoms.